The molecule has 3 rings (SSSR count). The summed E-state index contributed by atoms with van der Waals surface area (Å²) in [6, 6.07) is 0.418. The number of hydrogen-bond donors (Lipinski definition) is 2. The van der Waals surface area contributed by atoms with Crippen LogP contribution in [0.1, 0.15) is 140 Å². The summed E-state index contributed by atoms with van der Waals surface area (Å²) in [6.45, 7) is 31.2. The molecule has 4 heteroatoms. The second-order valence-electron chi connectivity index (χ2n) is 16.4. The Morgan fingerprint density at radius 3 is 2.10 bits per heavy atom. The van der Waals surface area contributed by atoms with Crippen molar-refractivity contribution in [3.63, 3.8) is 0 Å². The SMILES string of the molecule is CCCC(C)(C)CC(C)([C@H](C)CC)C(C)(C1CCCCC1)C(C)(CCC(C)(C)C1COCCN1)C1CNCCO1. The zero-order chi connectivity index (χ0) is 29.7. The van der Waals surface area contributed by atoms with Crippen molar-refractivity contribution in [1.82, 2.24) is 10.6 Å². The summed E-state index contributed by atoms with van der Waals surface area (Å²) in [5.74, 6) is 1.40. The van der Waals surface area contributed by atoms with E-state index in [9.17, 15) is 0 Å². The van der Waals surface area contributed by atoms with Crippen LogP contribution in [0.3, 0.4) is 0 Å². The molecule has 0 bridgehead atoms. The molecule has 6 atom stereocenters. The summed E-state index contributed by atoms with van der Waals surface area (Å²) in [6.07, 6.45) is 14.7. The van der Waals surface area contributed by atoms with Crippen LogP contribution in [0.25, 0.3) is 0 Å². The van der Waals surface area contributed by atoms with E-state index in [1.165, 1.54) is 70.6 Å². The van der Waals surface area contributed by atoms with E-state index in [-0.39, 0.29) is 27.8 Å². The molecule has 0 spiro atoms. The van der Waals surface area contributed by atoms with Crippen LogP contribution in [0.5, 0.6) is 0 Å². The first-order valence-corrected chi connectivity index (χ1v) is 17.4. The van der Waals surface area contributed by atoms with Crippen LogP contribution in [0, 0.1) is 38.9 Å². The van der Waals surface area contributed by atoms with Crippen molar-refractivity contribution in [2.24, 2.45) is 38.9 Å². The van der Waals surface area contributed by atoms with Crippen LogP contribution in [0.15, 0.2) is 0 Å². The van der Waals surface area contributed by atoms with Crippen LogP contribution in [-0.2, 0) is 9.47 Å². The quantitative estimate of drug-likeness (QED) is 0.222. The normalized spacial score (nSPS) is 29.2. The molecular weight excluding hydrogens is 492 g/mol. The van der Waals surface area contributed by atoms with E-state index in [0.29, 0.717) is 17.4 Å². The largest absolute Gasteiger partial charge is 0.378 e. The van der Waals surface area contributed by atoms with E-state index in [2.05, 4.69) is 79.9 Å². The molecule has 0 aromatic heterocycles. The predicted molar refractivity (Wildman–Crippen MR) is 172 cm³/mol. The van der Waals surface area contributed by atoms with Crippen LogP contribution in [-0.4, -0.2) is 51.6 Å². The second-order valence-corrected chi connectivity index (χ2v) is 16.4. The summed E-state index contributed by atoms with van der Waals surface area (Å²) in [4.78, 5) is 0. The number of hydrogen-bond acceptors (Lipinski definition) is 4. The van der Waals surface area contributed by atoms with Crippen LogP contribution >= 0.6 is 0 Å². The third kappa shape index (κ3) is 7.13. The molecule has 2 saturated heterocycles. The average molecular weight is 563 g/mol. The van der Waals surface area contributed by atoms with Gasteiger partial charge in [-0.15, -0.1) is 0 Å². The van der Waals surface area contributed by atoms with Crippen LogP contribution < -0.4 is 10.6 Å². The minimum atomic E-state index is 0.0652. The van der Waals surface area contributed by atoms with Gasteiger partial charge in [0.25, 0.3) is 0 Å². The monoisotopic (exact) mass is 563 g/mol. The summed E-state index contributed by atoms with van der Waals surface area (Å²) in [7, 11) is 0. The van der Waals surface area contributed by atoms with E-state index < -0.39 is 0 Å². The topological polar surface area (TPSA) is 42.5 Å². The fraction of sp³-hybridized carbons (Fsp3) is 1.00. The molecule has 2 aliphatic heterocycles. The molecule has 1 aliphatic carbocycles. The zero-order valence-electron chi connectivity index (χ0n) is 28.6. The Hall–Kier alpha value is -0.160. The van der Waals surface area contributed by atoms with Crippen LogP contribution in [0.2, 0.25) is 0 Å². The summed E-state index contributed by atoms with van der Waals surface area (Å²) in [5, 5.41) is 7.59. The number of nitrogens with one attached hydrogen (secondary N) is 2. The van der Waals surface area contributed by atoms with Crippen molar-refractivity contribution in [2.75, 3.05) is 39.5 Å². The summed E-state index contributed by atoms with van der Waals surface area (Å²) < 4.78 is 12.8. The third-order valence-electron chi connectivity index (χ3n) is 13.1. The highest BCUT2D eigenvalue weighted by Gasteiger charge is 2.63. The number of morpholine rings is 2. The van der Waals surface area contributed by atoms with Gasteiger partial charge in [0, 0.05) is 31.1 Å². The second kappa shape index (κ2) is 14.1. The Morgan fingerprint density at radius 2 is 1.55 bits per heavy atom. The molecule has 0 radical (unpaired) electrons. The van der Waals surface area contributed by atoms with Gasteiger partial charge in [0.05, 0.1) is 25.9 Å². The van der Waals surface area contributed by atoms with Gasteiger partial charge in [-0.25, -0.2) is 0 Å². The molecular formula is C36H70N2O2. The van der Waals surface area contributed by atoms with Gasteiger partial charge in [-0.05, 0) is 72.0 Å². The lowest BCUT2D eigenvalue weighted by molar-refractivity contribution is -0.213. The molecule has 4 nitrogen and oxygen atoms in total. The molecule has 3 fully saturated rings. The Balaban J connectivity index is 2.15. The fourth-order valence-corrected chi connectivity index (χ4v) is 9.90. The lowest BCUT2D eigenvalue weighted by atomic mass is 9.39. The molecule has 5 unspecified atom stereocenters. The van der Waals surface area contributed by atoms with Gasteiger partial charge in [0.15, 0.2) is 0 Å². The highest BCUT2D eigenvalue weighted by atomic mass is 16.5. The molecule has 0 aromatic rings. The predicted octanol–water partition coefficient (Wildman–Crippen LogP) is 8.63. The first-order chi connectivity index (χ1) is 18.8. The van der Waals surface area contributed by atoms with E-state index >= 15 is 0 Å². The molecule has 2 heterocycles. The minimum absolute atomic E-state index is 0.0652. The Kier molecular flexibility index (Phi) is 12.1. The van der Waals surface area contributed by atoms with Gasteiger partial charge >= 0.3 is 0 Å². The molecule has 0 amide bonds. The molecule has 0 aromatic carbocycles. The molecule has 236 valence electrons. The van der Waals surface area contributed by atoms with Gasteiger partial charge in [-0.1, -0.05) is 101 Å². The standard InChI is InChI=1S/C36H70N2O2/c1-11-18-32(4,5)27-35(9,28(3)12-2)36(10,29-16-14-13-15-17-29)34(8,31-25-37-21-24-40-31)20-19-33(6,7)30-26-39-23-22-38-30/h28-31,37-38H,11-27H2,1-10H3/t28-,30?,31?,34?,35?,36?/m1/s1. The van der Waals surface area contributed by atoms with Crippen molar-refractivity contribution in [3.05, 3.63) is 0 Å². The maximum Gasteiger partial charge on any atom is 0.0759 e. The third-order valence-corrected chi connectivity index (χ3v) is 13.1. The summed E-state index contributed by atoms with van der Waals surface area (Å²) in [5.41, 5.74) is 0.949. The van der Waals surface area contributed by atoms with Crippen molar-refractivity contribution in [2.45, 2.75) is 152 Å². The minimum Gasteiger partial charge on any atom is -0.378 e. The molecule has 40 heavy (non-hydrogen) atoms. The van der Waals surface area contributed by atoms with Gasteiger partial charge in [0.2, 0.25) is 0 Å². The van der Waals surface area contributed by atoms with E-state index in [4.69, 9.17) is 9.47 Å². The van der Waals surface area contributed by atoms with Gasteiger partial charge in [0.1, 0.15) is 0 Å². The van der Waals surface area contributed by atoms with Gasteiger partial charge in [-0.2, -0.15) is 0 Å². The van der Waals surface area contributed by atoms with E-state index in [0.717, 1.165) is 45.4 Å². The fourth-order valence-electron chi connectivity index (χ4n) is 9.90. The van der Waals surface area contributed by atoms with Gasteiger partial charge < -0.3 is 20.1 Å². The molecule has 3 aliphatic rings. The van der Waals surface area contributed by atoms with Gasteiger partial charge in [-0.3, -0.25) is 0 Å². The van der Waals surface area contributed by atoms with E-state index in [1.54, 1.807) is 0 Å². The number of rotatable bonds is 14. The van der Waals surface area contributed by atoms with Crippen molar-refractivity contribution in [3.8, 4) is 0 Å². The molecule has 1 saturated carbocycles. The summed E-state index contributed by atoms with van der Waals surface area (Å²) >= 11 is 0. The Bertz CT molecular complexity index is 750. The number of ether oxygens (including phenoxy) is 2. The highest BCUT2D eigenvalue weighted by molar-refractivity contribution is 5.12. The first-order valence-electron chi connectivity index (χ1n) is 17.4. The van der Waals surface area contributed by atoms with Crippen LogP contribution in [0.4, 0.5) is 0 Å². The zero-order valence-corrected chi connectivity index (χ0v) is 28.6. The Labute approximate surface area is 250 Å². The molecule has 2 N–H and O–H groups in total. The highest BCUT2D eigenvalue weighted by Crippen LogP contribution is 2.68. The maximum absolute atomic E-state index is 6.87. The smallest absolute Gasteiger partial charge is 0.0759 e. The first kappa shape index (κ1) is 34.3. The maximum atomic E-state index is 6.87. The van der Waals surface area contributed by atoms with E-state index in [1.807, 2.05) is 0 Å². The lowest BCUT2D eigenvalue weighted by Gasteiger charge is -2.67. The van der Waals surface area contributed by atoms with Crippen molar-refractivity contribution < 1.29 is 9.47 Å². The lowest BCUT2D eigenvalue weighted by Crippen LogP contribution is -2.64. The average Bonchev–Trinajstić information content (AvgIpc) is 2.96. The van der Waals surface area contributed by atoms with Crippen molar-refractivity contribution >= 4 is 0 Å². The Morgan fingerprint density at radius 1 is 0.850 bits per heavy atom. The van der Waals surface area contributed by atoms with Crippen molar-refractivity contribution in [1.29, 1.82) is 0 Å².